The van der Waals surface area contributed by atoms with Crippen LogP contribution in [0.1, 0.15) is 34.6 Å². The van der Waals surface area contributed by atoms with E-state index < -0.39 is 5.82 Å². The summed E-state index contributed by atoms with van der Waals surface area (Å²) in [6, 6.07) is 20.1. The van der Waals surface area contributed by atoms with Crippen LogP contribution in [0, 0.1) is 5.82 Å². The maximum absolute atomic E-state index is 14.0. The van der Waals surface area contributed by atoms with Crippen LogP contribution >= 0.6 is 0 Å². The van der Waals surface area contributed by atoms with Gasteiger partial charge in [0.1, 0.15) is 18.1 Å². The van der Waals surface area contributed by atoms with Gasteiger partial charge in [-0.3, -0.25) is 14.4 Å². The van der Waals surface area contributed by atoms with E-state index in [-0.39, 0.29) is 35.9 Å². The third-order valence-corrected chi connectivity index (χ3v) is 6.72. The SMILES string of the molecule is COc1ccc(C(=O)N(CC(=O)Nc2ccc(N3CCN(C(=O)c4ccccc4F)CC3)cc2)C(C)C)cc1. The van der Waals surface area contributed by atoms with E-state index in [1.807, 2.05) is 38.1 Å². The van der Waals surface area contributed by atoms with Gasteiger partial charge in [-0.15, -0.1) is 0 Å². The molecule has 39 heavy (non-hydrogen) atoms. The minimum atomic E-state index is -0.510. The molecule has 0 bridgehead atoms. The molecule has 0 unspecified atom stereocenters. The Morgan fingerprint density at radius 1 is 0.923 bits per heavy atom. The van der Waals surface area contributed by atoms with E-state index in [9.17, 15) is 18.8 Å². The Bertz CT molecular complexity index is 1300. The first-order valence-electron chi connectivity index (χ1n) is 12.9. The molecule has 0 saturated carbocycles. The van der Waals surface area contributed by atoms with Crippen molar-refractivity contribution in [3.8, 4) is 5.75 Å². The van der Waals surface area contributed by atoms with E-state index in [1.54, 1.807) is 48.4 Å². The Morgan fingerprint density at radius 3 is 2.15 bits per heavy atom. The Hall–Kier alpha value is -4.40. The molecule has 0 atom stereocenters. The number of hydrogen-bond acceptors (Lipinski definition) is 5. The van der Waals surface area contributed by atoms with Crippen LogP contribution in [0.5, 0.6) is 5.75 Å². The topological polar surface area (TPSA) is 82.2 Å². The number of carbonyl (C=O) groups is 3. The first-order chi connectivity index (χ1) is 18.8. The molecule has 0 radical (unpaired) electrons. The van der Waals surface area contributed by atoms with Crippen molar-refractivity contribution in [3.63, 3.8) is 0 Å². The second kappa shape index (κ2) is 12.4. The molecule has 9 heteroatoms. The Morgan fingerprint density at radius 2 is 1.56 bits per heavy atom. The lowest BCUT2D eigenvalue weighted by molar-refractivity contribution is -0.117. The van der Waals surface area contributed by atoms with Gasteiger partial charge in [0, 0.05) is 49.2 Å². The first-order valence-corrected chi connectivity index (χ1v) is 12.9. The van der Waals surface area contributed by atoms with Crippen LogP contribution in [0.3, 0.4) is 0 Å². The number of benzene rings is 3. The van der Waals surface area contributed by atoms with E-state index in [0.717, 1.165) is 5.69 Å². The van der Waals surface area contributed by atoms with Crippen LogP contribution in [-0.4, -0.2) is 73.4 Å². The van der Waals surface area contributed by atoms with E-state index in [0.29, 0.717) is 43.2 Å². The summed E-state index contributed by atoms with van der Waals surface area (Å²) in [5.74, 6) is -0.679. The zero-order chi connectivity index (χ0) is 27.9. The van der Waals surface area contributed by atoms with Gasteiger partial charge in [-0.05, 0) is 74.5 Å². The van der Waals surface area contributed by atoms with Gasteiger partial charge in [-0.1, -0.05) is 12.1 Å². The van der Waals surface area contributed by atoms with Gasteiger partial charge in [0.2, 0.25) is 5.91 Å². The minimum Gasteiger partial charge on any atom is -0.497 e. The molecule has 4 rings (SSSR count). The standard InChI is InChI=1S/C30H33FN4O4/c1-21(2)35(29(37)22-8-14-25(39-3)15-9-22)20-28(36)32-23-10-12-24(13-11-23)33-16-18-34(19-17-33)30(38)26-6-4-5-7-27(26)31/h4-15,21H,16-20H2,1-3H3,(H,32,36). The van der Waals surface area contributed by atoms with Crippen molar-refractivity contribution in [2.45, 2.75) is 19.9 Å². The molecule has 0 aromatic heterocycles. The maximum Gasteiger partial charge on any atom is 0.256 e. The highest BCUT2D eigenvalue weighted by molar-refractivity contribution is 5.99. The first kappa shape index (κ1) is 27.6. The van der Waals surface area contributed by atoms with Crippen LogP contribution in [-0.2, 0) is 4.79 Å². The van der Waals surface area contributed by atoms with Gasteiger partial charge >= 0.3 is 0 Å². The van der Waals surface area contributed by atoms with Crippen molar-refractivity contribution in [3.05, 3.63) is 89.7 Å². The summed E-state index contributed by atoms with van der Waals surface area (Å²) in [6.07, 6.45) is 0. The third-order valence-electron chi connectivity index (χ3n) is 6.72. The molecule has 0 spiro atoms. The van der Waals surface area contributed by atoms with Crippen molar-refractivity contribution in [2.24, 2.45) is 0 Å². The average Bonchev–Trinajstić information content (AvgIpc) is 2.96. The van der Waals surface area contributed by atoms with Crippen molar-refractivity contribution in [2.75, 3.05) is 50.1 Å². The number of rotatable bonds is 8. The summed E-state index contributed by atoms with van der Waals surface area (Å²) in [5.41, 5.74) is 2.16. The lowest BCUT2D eigenvalue weighted by Crippen LogP contribution is -2.49. The number of anilines is 2. The Kier molecular flexibility index (Phi) is 8.81. The number of nitrogens with zero attached hydrogens (tertiary/aromatic N) is 3. The van der Waals surface area contributed by atoms with Crippen molar-refractivity contribution < 1.29 is 23.5 Å². The van der Waals surface area contributed by atoms with Crippen LogP contribution < -0.4 is 15.0 Å². The third kappa shape index (κ3) is 6.73. The molecule has 0 aliphatic carbocycles. The fourth-order valence-electron chi connectivity index (χ4n) is 4.47. The Labute approximate surface area is 228 Å². The van der Waals surface area contributed by atoms with Gasteiger partial charge in [0.25, 0.3) is 11.8 Å². The second-order valence-corrected chi connectivity index (χ2v) is 9.61. The molecule has 204 valence electrons. The van der Waals surface area contributed by atoms with Crippen LogP contribution in [0.15, 0.2) is 72.8 Å². The highest BCUT2D eigenvalue weighted by Crippen LogP contribution is 2.21. The summed E-state index contributed by atoms with van der Waals surface area (Å²) in [6.45, 7) is 5.85. The molecule has 1 aliphatic rings. The summed E-state index contributed by atoms with van der Waals surface area (Å²) in [5, 5.41) is 2.87. The largest absolute Gasteiger partial charge is 0.497 e. The zero-order valence-electron chi connectivity index (χ0n) is 22.4. The molecule has 1 fully saturated rings. The fraction of sp³-hybridized carbons (Fsp3) is 0.300. The second-order valence-electron chi connectivity index (χ2n) is 9.61. The Balaban J connectivity index is 1.31. The van der Waals surface area contributed by atoms with Crippen LogP contribution in [0.4, 0.5) is 15.8 Å². The van der Waals surface area contributed by atoms with Crippen LogP contribution in [0.25, 0.3) is 0 Å². The minimum absolute atomic E-state index is 0.0811. The van der Waals surface area contributed by atoms with Crippen LogP contribution in [0.2, 0.25) is 0 Å². The molecular weight excluding hydrogens is 499 g/mol. The number of hydrogen-bond donors (Lipinski definition) is 1. The summed E-state index contributed by atoms with van der Waals surface area (Å²) >= 11 is 0. The molecule has 1 aliphatic heterocycles. The lowest BCUT2D eigenvalue weighted by atomic mass is 10.1. The predicted octanol–water partition coefficient (Wildman–Crippen LogP) is 4.29. The number of ether oxygens (including phenoxy) is 1. The normalized spacial score (nSPS) is 13.3. The van der Waals surface area contributed by atoms with Gasteiger partial charge < -0.3 is 24.8 Å². The number of nitrogens with one attached hydrogen (secondary N) is 1. The highest BCUT2D eigenvalue weighted by Gasteiger charge is 2.25. The lowest BCUT2D eigenvalue weighted by Gasteiger charge is -2.36. The fourth-order valence-corrected chi connectivity index (χ4v) is 4.47. The number of carbonyl (C=O) groups excluding carboxylic acids is 3. The molecule has 1 heterocycles. The maximum atomic E-state index is 14.0. The highest BCUT2D eigenvalue weighted by atomic mass is 19.1. The monoisotopic (exact) mass is 532 g/mol. The average molecular weight is 533 g/mol. The molecule has 8 nitrogen and oxygen atoms in total. The number of amides is 3. The number of piperazine rings is 1. The van der Waals surface area contributed by atoms with E-state index in [1.165, 1.54) is 17.0 Å². The zero-order valence-corrected chi connectivity index (χ0v) is 22.4. The molecule has 3 aromatic carbocycles. The summed E-state index contributed by atoms with van der Waals surface area (Å²) in [4.78, 5) is 43.8. The molecule has 3 amide bonds. The molecule has 3 aromatic rings. The molecule has 1 saturated heterocycles. The van der Waals surface area contributed by atoms with E-state index in [2.05, 4.69) is 10.2 Å². The van der Waals surface area contributed by atoms with Crippen molar-refractivity contribution in [1.29, 1.82) is 0 Å². The van der Waals surface area contributed by atoms with Gasteiger partial charge in [-0.25, -0.2) is 4.39 Å². The number of methoxy groups -OCH3 is 1. The summed E-state index contributed by atoms with van der Waals surface area (Å²) in [7, 11) is 1.56. The van der Waals surface area contributed by atoms with E-state index in [4.69, 9.17) is 4.74 Å². The quantitative estimate of drug-likeness (QED) is 0.468. The van der Waals surface area contributed by atoms with Gasteiger partial charge in [-0.2, -0.15) is 0 Å². The molecule has 1 N–H and O–H groups in total. The van der Waals surface area contributed by atoms with Crippen molar-refractivity contribution in [1.82, 2.24) is 9.80 Å². The van der Waals surface area contributed by atoms with Crippen molar-refractivity contribution >= 4 is 29.1 Å². The van der Waals surface area contributed by atoms with E-state index >= 15 is 0 Å². The molecular formula is C30H33FN4O4. The smallest absolute Gasteiger partial charge is 0.256 e. The predicted molar refractivity (Wildman–Crippen MR) is 149 cm³/mol. The van der Waals surface area contributed by atoms with Gasteiger partial charge in [0.15, 0.2) is 0 Å². The number of halogens is 1. The van der Waals surface area contributed by atoms with Gasteiger partial charge in [0.05, 0.1) is 12.7 Å². The summed E-state index contributed by atoms with van der Waals surface area (Å²) < 4.78 is 19.2.